The molecule has 0 spiro atoms. The van der Waals surface area contributed by atoms with Crippen LogP contribution in [0.4, 0.5) is 11.6 Å². The van der Waals surface area contributed by atoms with Gasteiger partial charge in [-0.1, -0.05) is 24.3 Å². The molecule has 3 aromatic heterocycles. The Kier molecular flexibility index (Phi) is 3.88. The Morgan fingerprint density at radius 2 is 1.74 bits per heavy atom. The number of hydrogen-bond donors (Lipinski definition) is 2. The highest BCUT2D eigenvalue weighted by atomic mass is 32.1. The molecule has 0 fully saturated rings. The molecule has 0 aliphatic carbocycles. The Balaban J connectivity index is 1.40. The quantitative estimate of drug-likeness (QED) is 0.439. The number of imidazole rings is 1. The van der Waals surface area contributed by atoms with Gasteiger partial charge >= 0.3 is 0 Å². The van der Waals surface area contributed by atoms with Gasteiger partial charge in [-0.15, -0.1) is 0 Å². The fourth-order valence-electron chi connectivity index (χ4n) is 2.93. The standard InChI is InChI=1S/C21H15N5S/c1-2-7-19-18(6-1)25-20(26-19)14-4-3-5-17(10-14)24-21-22-11-16(12-23-21)15-8-9-27-13-15/h1-13H,(H,25,26)(H,22,23,24). The van der Waals surface area contributed by atoms with Gasteiger partial charge in [0.05, 0.1) is 11.0 Å². The van der Waals surface area contributed by atoms with Crippen molar-refractivity contribution in [1.82, 2.24) is 19.9 Å². The Morgan fingerprint density at radius 3 is 2.56 bits per heavy atom. The smallest absolute Gasteiger partial charge is 0.227 e. The predicted molar refractivity (Wildman–Crippen MR) is 110 cm³/mol. The molecule has 0 radical (unpaired) electrons. The van der Waals surface area contributed by atoms with Crippen LogP contribution in [0.1, 0.15) is 0 Å². The molecule has 0 aliphatic heterocycles. The van der Waals surface area contributed by atoms with Gasteiger partial charge in [0.15, 0.2) is 0 Å². The van der Waals surface area contributed by atoms with Crippen LogP contribution in [0.25, 0.3) is 33.5 Å². The Labute approximate surface area is 159 Å². The molecule has 3 heterocycles. The summed E-state index contributed by atoms with van der Waals surface area (Å²) in [6.45, 7) is 0. The van der Waals surface area contributed by atoms with Crippen molar-refractivity contribution in [3.63, 3.8) is 0 Å². The number of aromatic nitrogens is 4. The fourth-order valence-corrected chi connectivity index (χ4v) is 3.60. The number of aromatic amines is 1. The number of benzene rings is 2. The first-order valence-electron chi connectivity index (χ1n) is 8.52. The molecule has 2 aromatic carbocycles. The van der Waals surface area contributed by atoms with E-state index in [0.717, 1.165) is 39.2 Å². The SMILES string of the molecule is c1cc(Nc2ncc(-c3ccsc3)cn2)cc(-c2nc3ccccc3[nH]2)c1. The summed E-state index contributed by atoms with van der Waals surface area (Å²) in [7, 11) is 0. The largest absolute Gasteiger partial charge is 0.338 e. The molecule has 0 amide bonds. The number of para-hydroxylation sites is 2. The van der Waals surface area contributed by atoms with Crippen molar-refractivity contribution in [2.45, 2.75) is 0 Å². The number of anilines is 2. The van der Waals surface area contributed by atoms with Crippen LogP contribution in [0.2, 0.25) is 0 Å². The van der Waals surface area contributed by atoms with Crippen molar-refractivity contribution in [2.75, 3.05) is 5.32 Å². The van der Waals surface area contributed by atoms with E-state index in [1.54, 1.807) is 11.3 Å². The molecule has 27 heavy (non-hydrogen) atoms. The molecule has 0 saturated heterocycles. The number of hydrogen-bond acceptors (Lipinski definition) is 5. The zero-order valence-corrected chi connectivity index (χ0v) is 15.1. The first-order chi connectivity index (χ1) is 13.3. The van der Waals surface area contributed by atoms with E-state index >= 15 is 0 Å². The third kappa shape index (κ3) is 3.18. The van der Waals surface area contributed by atoms with Crippen LogP contribution in [0.5, 0.6) is 0 Å². The van der Waals surface area contributed by atoms with Crippen LogP contribution < -0.4 is 5.32 Å². The molecule has 0 bridgehead atoms. The molecule has 130 valence electrons. The zero-order chi connectivity index (χ0) is 18.1. The number of nitrogens with zero attached hydrogens (tertiary/aromatic N) is 3. The molecule has 0 unspecified atom stereocenters. The third-order valence-electron chi connectivity index (χ3n) is 4.29. The summed E-state index contributed by atoms with van der Waals surface area (Å²) in [5, 5.41) is 7.39. The molecule has 5 aromatic rings. The lowest BCUT2D eigenvalue weighted by atomic mass is 10.2. The third-order valence-corrected chi connectivity index (χ3v) is 4.97. The molecular formula is C21H15N5S. The van der Waals surface area contributed by atoms with Gasteiger partial charge in [0.25, 0.3) is 0 Å². The maximum Gasteiger partial charge on any atom is 0.227 e. The molecule has 5 nitrogen and oxygen atoms in total. The molecule has 6 heteroatoms. The summed E-state index contributed by atoms with van der Waals surface area (Å²) in [4.78, 5) is 16.9. The number of thiophene rings is 1. The Hall–Kier alpha value is -3.51. The van der Waals surface area contributed by atoms with Gasteiger partial charge in [-0.25, -0.2) is 15.0 Å². The summed E-state index contributed by atoms with van der Waals surface area (Å²) >= 11 is 1.66. The summed E-state index contributed by atoms with van der Waals surface area (Å²) in [6, 6.07) is 18.1. The van der Waals surface area contributed by atoms with Crippen molar-refractivity contribution < 1.29 is 0 Å². The second-order valence-electron chi connectivity index (χ2n) is 6.12. The van der Waals surface area contributed by atoms with E-state index in [2.05, 4.69) is 36.7 Å². The van der Waals surface area contributed by atoms with E-state index < -0.39 is 0 Å². The number of fused-ring (bicyclic) bond motifs is 1. The second-order valence-corrected chi connectivity index (χ2v) is 6.90. The molecule has 2 N–H and O–H groups in total. The number of H-pyrrole nitrogens is 1. The van der Waals surface area contributed by atoms with Crippen molar-refractivity contribution >= 4 is 34.0 Å². The van der Waals surface area contributed by atoms with Crippen LogP contribution in [-0.2, 0) is 0 Å². The van der Waals surface area contributed by atoms with Crippen LogP contribution in [0, 0.1) is 0 Å². The van der Waals surface area contributed by atoms with E-state index in [4.69, 9.17) is 0 Å². The number of nitrogens with one attached hydrogen (secondary N) is 2. The second kappa shape index (κ2) is 6.66. The van der Waals surface area contributed by atoms with Crippen molar-refractivity contribution in [2.24, 2.45) is 0 Å². The monoisotopic (exact) mass is 369 g/mol. The van der Waals surface area contributed by atoms with Crippen LogP contribution >= 0.6 is 11.3 Å². The van der Waals surface area contributed by atoms with E-state index in [0.29, 0.717) is 5.95 Å². The zero-order valence-electron chi connectivity index (χ0n) is 14.3. The fraction of sp³-hybridized carbons (Fsp3) is 0. The lowest BCUT2D eigenvalue weighted by Gasteiger charge is -2.06. The van der Waals surface area contributed by atoms with E-state index in [9.17, 15) is 0 Å². The minimum atomic E-state index is 0.565. The maximum absolute atomic E-state index is 4.66. The summed E-state index contributed by atoms with van der Waals surface area (Å²) in [5.74, 6) is 1.41. The van der Waals surface area contributed by atoms with E-state index in [-0.39, 0.29) is 0 Å². The van der Waals surface area contributed by atoms with Gasteiger partial charge in [-0.05, 0) is 46.7 Å². The lowest BCUT2D eigenvalue weighted by molar-refractivity contribution is 1.17. The average Bonchev–Trinajstić information content (AvgIpc) is 3.39. The maximum atomic E-state index is 4.66. The average molecular weight is 369 g/mol. The van der Waals surface area contributed by atoms with Crippen molar-refractivity contribution in [3.05, 3.63) is 77.8 Å². The summed E-state index contributed by atoms with van der Waals surface area (Å²) in [5.41, 5.74) is 6.05. The minimum absolute atomic E-state index is 0.565. The van der Waals surface area contributed by atoms with E-state index in [1.807, 2.05) is 66.3 Å². The highest BCUT2D eigenvalue weighted by Gasteiger charge is 2.07. The summed E-state index contributed by atoms with van der Waals surface area (Å²) in [6.07, 6.45) is 3.67. The Morgan fingerprint density at radius 1 is 0.852 bits per heavy atom. The normalized spacial score (nSPS) is 11.0. The summed E-state index contributed by atoms with van der Waals surface area (Å²) < 4.78 is 0. The minimum Gasteiger partial charge on any atom is -0.338 e. The lowest BCUT2D eigenvalue weighted by Crippen LogP contribution is -1.97. The van der Waals surface area contributed by atoms with Gasteiger partial charge in [0.2, 0.25) is 5.95 Å². The molecule has 0 aliphatic rings. The molecule has 5 rings (SSSR count). The van der Waals surface area contributed by atoms with E-state index in [1.165, 1.54) is 0 Å². The molecule has 0 atom stereocenters. The highest BCUT2D eigenvalue weighted by molar-refractivity contribution is 7.08. The number of rotatable bonds is 4. The predicted octanol–water partition coefficient (Wildman–Crippen LogP) is 5.49. The van der Waals surface area contributed by atoms with Crippen LogP contribution in [0.15, 0.2) is 77.8 Å². The van der Waals surface area contributed by atoms with Gasteiger partial charge in [-0.2, -0.15) is 11.3 Å². The van der Waals surface area contributed by atoms with Gasteiger partial charge in [-0.3, -0.25) is 0 Å². The van der Waals surface area contributed by atoms with Crippen LogP contribution in [0.3, 0.4) is 0 Å². The van der Waals surface area contributed by atoms with Crippen molar-refractivity contribution in [3.8, 4) is 22.5 Å². The van der Waals surface area contributed by atoms with Crippen molar-refractivity contribution in [1.29, 1.82) is 0 Å². The topological polar surface area (TPSA) is 66.5 Å². The van der Waals surface area contributed by atoms with Crippen LogP contribution in [-0.4, -0.2) is 19.9 Å². The first-order valence-corrected chi connectivity index (χ1v) is 9.46. The van der Waals surface area contributed by atoms with Gasteiger partial charge in [0, 0.05) is 29.2 Å². The molecule has 0 saturated carbocycles. The highest BCUT2D eigenvalue weighted by Crippen LogP contribution is 2.25. The Bertz CT molecular complexity index is 1160. The van der Waals surface area contributed by atoms with Gasteiger partial charge < -0.3 is 10.3 Å². The molecular weight excluding hydrogens is 354 g/mol. The van der Waals surface area contributed by atoms with Gasteiger partial charge in [0.1, 0.15) is 5.82 Å². The first kappa shape index (κ1) is 15.7.